The summed E-state index contributed by atoms with van der Waals surface area (Å²) < 4.78 is 4.65. The molecular formula is C14H16BrN3O. The number of aromatic nitrogens is 2. The van der Waals surface area contributed by atoms with E-state index in [1.54, 1.807) is 4.68 Å². The third-order valence-electron chi connectivity index (χ3n) is 3.53. The Balaban J connectivity index is 2.26. The molecule has 1 aliphatic carbocycles. The van der Waals surface area contributed by atoms with Crippen molar-refractivity contribution in [1.29, 1.82) is 0 Å². The summed E-state index contributed by atoms with van der Waals surface area (Å²) in [7, 11) is 0. The van der Waals surface area contributed by atoms with E-state index in [4.69, 9.17) is 5.73 Å². The van der Waals surface area contributed by atoms with Gasteiger partial charge in [-0.1, -0.05) is 22.0 Å². The highest BCUT2D eigenvalue weighted by molar-refractivity contribution is 9.10. The van der Waals surface area contributed by atoms with Crippen molar-refractivity contribution in [3.05, 3.63) is 44.8 Å². The summed E-state index contributed by atoms with van der Waals surface area (Å²) in [6.45, 7) is 2.78. The number of nitrogens with zero attached hydrogens (tertiary/aromatic N) is 2. The fourth-order valence-corrected chi connectivity index (χ4v) is 2.93. The van der Waals surface area contributed by atoms with Gasteiger partial charge in [0.05, 0.1) is 11.4 Å². The first-order valence-electron chi connectivity index (χ1n) is 6.50. The van der Waals surface area contributed by atoms with Crippen LogP contribution in [-0.4, -0.2) is 9.36 Å². The van der Waals surface area contributed by atoms with Gasteiger partial charge in [-0.25, -0.2) is 4.68 Å². The maximum Gasteiger partial charge on any atom is 0.294 e. The van der Waals surface area contributed by atoms with Gasteiger partial charge in [-0.3, -0.25) is 9.48 Å². The Hall–Kier alpha value is -1.49. The summed E-state index contributed by atoms with van der Waals surface area (Å²) >= 11 is 3.44. The van der Waals surface area contributed by atoms with Gasteiger partial charge in [-0.15, -0.1) is 0 Å². The van der Waals surface area contributed by atoms with E-state index in [2.05, 4.69) is 15.9 Å². The molecule has 1 aromatic carbocycles. The van der Waals surface area contributed by atoms with Gasteiger partial charge in [0.1, 0.15) is 5.69 Å². The van der Waals surface area contributed by atoms with Crippen LogP contribution in [0.25, 0.3) is 5.69 Å². The number of nitrogens with two attached hydrogens (primary N) is 1. The highest BCUT2D eigenvalue weighted by atomic mass is 79.9. The Morgan fingerprint density at radius 3 is 2.74 bits per heavy atom. The molecule has 1 saturated carbocycles. The van der Waals surface area contributed by atoms with Crippen LogP contribution < -0.4 is 11.3 Å². The molecule has 2 aromatic rings. The SMILES string of the molecule is CCn1c(C2CC2)c(N)c(=O)n1-c1cccc(Br)c1. The second-order valence-corrected chi connectivity index (χ2v) is 5.80. The number of hydrogen-bond acceptors (Lipinski definition) is 2. The van der Waals surface area contributed by atoms with Crippen molar-refractivity contribution >= 4 is 21.6 Å². The van der Waals surface area contributed by atoms with E-state index in [0.717, 1.165) is 35.2 Å². The predicted molar refractivity (Wildman–Crippen MR) is 79.8 cm³/mol. The van der Waals surface area contributed by atoms with Gasteiger partial charge in [0.25, 0.3) is 5.56 Å². The van der Waals surface area contributed by atoms with E-state index in [-0.39, 0.29) is 5.56 Å². The molecule has 0 aliphatic heterocycles. The molecule has 100 valence electrons. The fourth-order valence-electron chi connectivity index (χ4n) is 2.54. The molecule has 1 aliphatic rings. The lowest BCUT2D eigenvalue weighted by Gasteiger charge is -2.12. The van der Waals surface area contributed by atoms with E-state index in [0.29, 0.717) is 11.6 Å². The van der Waals surface area contributed by atoms with Crippen LogP contribution in [0.15, 0.2) is 33.5 Å². The van der Waals surface area contributed by atoms with E-state index >= 15 is 0 Å². The van der Waals surface area contributed by atoms with E-state index in [1.165, 1.54) is 0 Å². The first-order chi connectivity index (χ1) is 9.13. The monoisotopic (exact) mass is 321 g/mol. The Kier molecular flexibility index (Phi) is 3.01. The van der Waals surface area contributed by atoms with Gasteiger partial charge in [0.2, 0.25) is 0 Å². The van der Waals surface area contributed by atoms with Crippen molar-refractivity contribution in [3.8, 4) is 5.69 Å². The third-order valence-corrected chi connectivity index (χ3v) is 4.03. The first-order valence-corrected chi connectivity index (χ1v) is 7.30. The first kappa shape index (κ1) is 12.5. The molecule has 3 rings (SSSR count). The molecule has 0 spiro atoms. The lowest BCUT2D eigenvalue weighted by Crippen LogP contribution is -2.22. The standard InChI is InChI=1S/C14H16BrN3O/c1-2-17-13(9-6-7-9)12(16)14(19)18(17)11-5-3-4-10(15)8-11/h3-5,8-9H,2,6-7,16H2,1H3. The number of benzene rings is 1. The zero-order valence-electron chi connectivity index (χ0n) is 10.8. The molecule has 1 fully saturated rings. The van der Waals surface area contributed by atoms with Crippen LogP contribution in [-0.2, 0) is 6.54 Å². The van der Waals surface area contributed by atoms with Gasteiger partial charge in [-0.2, -0.15) is 0 Å². The molecule has 0 amide bonds. The van der Waals surface area contributed by atoms with Crippen molar-refractivity contribution in [2.24, 2.45) is 0 Å². The lowest BCUT2D eigenvalue weighted by atomic mass is 10.2. The molecule has 1 heterocycles. The van der Waals surface area contributed by atoms with Crippen molar-refractivity contribution in [1.82, 2.24) is 9.36 Å². The largest absolute Gasteiger partial charge is 0.393 e. The summed E-state index contributed by atoms with van der Waals surface area (Å²) in [4.78, 5) is 12.4. The summed E-state index contributed by atoms with van der Waals surface area (Å²) in [6, 6.07) is 7.73. The molecule has 0 unspecified atom stereocenters. The van der Waals surface area contributed by atoms with E-state index < -0.39 is 0 Å². The molecule has 19 heavy (non-hydrogen) atoms. The minimum Gasteiger partial charge on any atom is -0.393 e. The maximum atomic E-state index is 12.4. The molecular weight excluding hydrogens is 306 g/mol. The quantitative estimate of drug-likeness (QED) is 0.945. The average molecular weight is 322 g/mol. The van der Waals surface area contributed by atoms with E-state index in [1.807, 2.05) is 35.9 Å². The van der Waals surface area contributed by atoms with Crippen LogP contribution in [0.4, 0.5) is 5.69 Å². The van der Waals surface area contributed by atoms with E-state index in [9.17, 15) is 4.79 Å². The van der Waals surface area contributed by atoms with Gasteiger partial charge >= 0.3 is 0 Å². The van der Waals surface area contributed by atoms with Gasteiger partial charge in [0, 0.05) is 16.9 Å². The van der Waals surface area contributed by atoms with Crippen LogP contribution in [0.5, 0.6) is 0 Å². The molecule has 1 aromatic heterocycles. The predicted octanol–water partition coefficient (Wildman–Crippen LogP) is 2.88. The van der Waals surface area contributed by atoms with Crippen LogP contribution in [0.2, 0.25) is 0 Å². The summed E-state index contributed by atoms with van der Waals surface area (Å²) in [5.74, 6) is 0.459. The molecule has 0 radical (unpaired) electrons. The van der Waals surface area contributed by atoms with Gasteiger partial charge < -0.3 is 5.73 Å². The fraction of sp³-hybridized carbons (Fsp3) is 0.357. The Bertz CT molecular complexity index is 682. The number of rotatable bonds is 3. The van der Waals surface area contributed by atoms with Crippen molar-refractivity contribution in [3.63, 3.8) is 0 Å². The van der Waals surface area contributed by atoms with Crippen LogP contribution >= 0.6 is 15.9 Å². The number of hydrogen-bond donors (Lipinski definition) is 1. The summed E-state index contributed by atoms with van der Waals surface area (Å²) in [6.07, 6.45) is 2.26. The normalized spacial score (nSPS) is 14.8. The lowest BCUT2D eigenvalue weighted by molar-refractivity contribution is 0.549. The highest BCUT2D eigenvalue weighted by Crippen LogP contribution is 2.42. The Morgan fingerprint density at radius 2 is 2.16 bits per heavy atom. The molecule has 4 nitrogen and oxygen atoms in total. The average Bonchev–Trinajstić information content (AvgIpc) is 3.18. The third kappa shape index (κ3) is 2.02. The van der Waals surface area contributed by atoms with Gasteiger partial charge in [0.15, 0.2) is 0 Å². The zero-order valence-corrected chi connectivity index (χ0v) is 12.4. The number of anilines is 1. The number of halogens is 1. The summed E-state index contributed by atoms with van der Waals surface area (Å²) in [5, 5.41) is 0. The molecule has 0 bridgehead atoms. The molecule has 5 heteroatoms. The van der Waals surface area contributed by atoms with Crippen LogP contribution in [0.1, 0.15) is 31.4 Å². The number of nitrogen functional groups attached to an aromatic ring is 1. The highest BCUT2D eigenvalue weighted by Gasteiger charge is 2.32. The van der Waals surface area contributed by atoms with Crippen molar-refractivity contribution in [2.45, 2.75) is 32.2 Å². The minimum atomic E-state index is -0.109. The maximum absolute atomic E-state index is 12.4. The zero-order chi connectivity index (χ0) is 13.6. The second kappa shape index (κ2) is 4.56. The summed E-state index contributed by atoms with van der Waals surface area (Å²) in [5.41, 5.74) is 8.18. The minimum absolute atomic E-state index is 0.109. The van der Waals surface area contributed by atoms with Crippen molar-refractivity contribution < 1.29 is 0 Å². The molecule has 0 saturated heterocycles. The smallest absolute Gasteiger partial charge is 0.294 e. The Morgan fingerprint density at radius 1 is 1.42 bits per heavy atom. The van der Waals surface area contributed by atoms with Gasteiger partial charge in [-0.05, 0) is 38.0 Å². The molecule has 2 N–H and O–H groups in total. The van der Waals surface area contributed by atoms with Crippen LogP contribution in [0, 0.1) is 0 Å². The topological polar surface area (TPSA) is 52.9 Å². The second-order valence-electron chi connectivity index (χ2n) is 4.89. The molecule has 0 atom stereocenters. The Labute approximate surface area is 119 Å². The van der Waals surface area contributed by atoms with Crippen molar-refractivity contribution in [2.75, 3.05) is 5.73 Å². The van der Waals surface area contributed by atoms with Crippen LogP contribution in [0.3, 0.4) is 0 Å².